The molecular formula is C10H16N4O. The lowest BCUT2D eigenvalue weighted by atomic mass is 9.95. The Morgan fingerprint density at radius 3 is 2.93 bits per heavy atom. The maximum Gasteiger partial charge on any atom is 0.149 e. The summed E-state index contributed by atoms with van der Waals surface area (Å²) < 4.78 is 5.45. The number of hydrogen-bond donors (Lipinski definition) is 2. The van der Waals surface area contributed by atoms with Crippen LogP contribution in [0.1, 0.15) is 19.8 Å². The smallest absolute Gasteiger partial charge is 0.149 e. The van der Waals surface area contributed by atoms with E-state index < -0.39 is 0 Å². The lowest BCUT2D eigenvalue weighted by molar-refractivity contribution is 0.0538. The van der Waals surface area contributed by atoms with E-state index in [9.17, 15) is 0 Å². The average molecular weight is 208 g/mol. The summed E-state index contributed by atoms with van der Waals surface area (Å²) >= 11 is 0. The number of nitrogens with two attached hydrogens (primary N) is 1. The third-order valence-corrected chi connectivity index (χ3v) is 2.55. The van der Waals surface area contributed by atoms with Crippen molar-refractivity contribution in [2.75, 3.05) is 24.3 Å². The highest BCUT2D eigenvalue weighted by atomic mass is 16.5. The van der Waals surface area contributed by atoms with E-state index in [0.717, 1.165) is 25.3 Å². The minimum atomic E-state index is -0.0386. The first-order chi connectivity index (χ1) is 7.18. The SMILES string of the molecule is CC1(Nc2ccc(N)nn2)CCCOC1. The fourth-order valence-electron chi connectivity index (χ4n) is 1.75. The molecule has 0 saturated carbocycles. The molecule has 5 nitrogen and oxygen atoms in total. The Labute approximate surface area is 89.0 Å². The summed E-state index contributed by atoms with van der Waals surface area (Å²) in [4.78, 5) is 0. The summed E-state index contributed by atoms with van der Waals surface area (Å²) in [7, 11) is 0. The second-order valence-corrected chi connectivity index (χ2v) is 4.19. The summed E-state index contributed by atoms with van der Waals surface area (Å²) in [6, 6.07) is 3.57. The summed E-state index contributed by atoms with van der Waals surface area (Å²) in [6.07, 6.45) is 2.16. The van der Waals surface area contributed by atoms with E-state index in [4.69, 9.17) is 10.5 Å². The average Bonchev–Trinajstić information content (AvgIpc) is 2.22. The van der Waals surface area contributed by atoms with Crippen molar-refractivity contribution in [1.29, 1.82) is 0 Å². The highest BCUT2D eigenvalue weighted by Gasteiger charge is 2.27. The normalized spacial score (nSPS) is 26.2. The van der Waals surface area contributed by atoms with Crippen LogP contribution >= 0.6 is 0 Å². The highest BCUT2D eigenvalue weighted by Crippen LogP contribution is 2.22. The molecule has 1 fully saturated rings. The molecule has 1 saturated heterocycles. The third kappa shape index (κ3) is 2.56. The van der Waals surface area contributed by atoms with Crippen LogP contribution in [0.4, 0.5) is 11.6 Å². The molecule has 1 unspecified atom stereocenters. The van der Waals surface area contributed by atoms with E-state index in [-0.39, 0.29) is 5.54 Å². The van der Waals surface area contributed by atoms with Crippen LogP contribution in [-0.2, 0) is 4.74 Å². The highest BCUT2D eigenvalue weighted by molar-refractivity contribution is 5.40. The van der Waals surface area contributed by atoms with Crippen LogP contribution in [0.25, 0.3) is 0 Å². The number of rotatable bonds is 2. The fourth-order valence-corrected chi connectivity index (χ4v) is 1.75. The zero-order valence-electron chi connectivity index (χ0n) is 8.86. The molecule has 1 aromatic rings. The minimum absolute atomic E-state index is 0.0386. The number of anilines is 2. The summed E-state index contributed by atoms with van der Waals surface area (Å²) in [6.45, 7) is 3.69. The second kappa shape index (κ2) is 4.02. The number of nitrogens with zero attached hydrogens (tertiary/aromatic N) is 2. The van der Waals surface area contributed by atoms with Crippen LogP contribution < -0.4 is 11.1 Å². The van der Waals surface area contributed by atoms with E-state index in [1.165, 1.54) is 0 Å². The van der Waals surface area contributed by atoms with Gasteiger partial charge in [-0.05, 0) is 31.9 Å². The van der Waals surface area contributed by atoms with Gasteiger partial charge in [-0.15, -0.1) is 10.2 Å². The summed E-state index contributed by atoms with van der Waals surface area (Å²) in [5, 5.41) is 11.1. The Hall–Kier alpha value is -1.36. The maximum absolute atomic E-state index is 5.47. The predicted molar refractivity (Wildman–Crippen MR) is 58.5 cm³/mol. The van der Waals surface area contributed by atoms with Gasteiger partial charge in [0.2, 0.25) is 0 Å². The van der Waals surface area contributed by atoms with Gasteiger partial charge >= 0.3 is 0 Å². The molecule has 1 aromatic heterocycles. The molecule has 5 heteroatoms. The Morgan fingerprint density at radius 2 is 2.33 bits per heavy atom. The molecule has 0 amide bonds. The molecule has 2 heterocycles. The molecule has 0 radical (unpaired) electrons. The molecule has 2 rings (SSSR count). The predicted octanol–water partition coefficient (Wildman–Crippen LogP) is 1.04. The van der Waals surface area contributed by atoms with Crippen molar-refractivity contribution in [2.45, 2.75) is 25.3 Å². The lowest BCUT2D eigenvalue weighted by Crippen LogP contribution is -2.43. The molecule has 1 aliphatic rings. The van der Waals surface area contributed by atoms with Gasteiger partial charge < -0.3 is 15.8 Å². The molecule has 0 aliphatic carbocycles. The maximum atomic E-state index is 5.47. The first-order valence-corrected chi connectivity index (χ1v) is 5.13. The van der Waals surface area contributed by atoms with E-state index in [0.29, 0.717) is 12.4 Å². The van der Waals surface area contributed by atoms with Crippen molar-refractivity contribution in [3.63, 3.8) is 0 Å². The number of aromatic nitrogens is 2. The second-order valence-electron chi connectivity index (χ2n) is 4.19. The van der Waals surface area contributed by atoms with Crippen molar-refractivity contribution in [3.8, 4) is 0 Å². The van der Waals surface area contributed by atoms with Crippen molar-refractivity contribution in [2.24, 2.45) is 0 Å². The molecule has 0 bridgehead atoms. The van der Waals surface area contributed by atoms with Crippen molar-refractivity contribution in [1.82, 2.24) is 10.2 Å². The molecule has 1 atom stereocenters. The van der Waals surface area contributed by atoms with Crippen LogP contribution in [0.3, 0.4) is 0 Å². The van der Waals surface area contributed by atoms with Gasteiger partial charge in [0.05, 0.1) is 12.1 Å². The number of ether oxygens (including phenoxy) is 1. The molecule has 3 N–H and O–H groups in total. The van der Waals surface area contributed by atoms with Gasteiger partial charge in [-0.25, -0.2) is 0 Å². The van der Waals surface area contributed by atoms with Gasteiger partial charge in [0.1, 0.15) is 11.6 Å². The topological polar surface area (TPSA) is 73.1 Å². The minimum Gasteiger partial charge on any atom is -0.382 e. The van der Waals surface area contributed by atoms with Crippen LogP contribution in [0, 0.1) is 0 Å². The van der Waals surface area contributed by atoms with Crippen LogP contribution in [0.5, 0.6) is 0 Å². The summed E-state index contributed by atoms with van der Waals surface area (Å²) in [5.74, 6) is 1.18. The Kier molecular flexibility index (Phi) is 2.73. The Balaban J connectivity index is 2.03. The molecule has 15 heavy (non-hydrogen) atoms. The molecule has 1 aliphatic heterocycles. The van der Waals surface area contributed by atoms with Crippen molar-refractivity contribution >= 4 is 11.6 Å². The zero-order valence-corrected chi connectivity index (χ0v) is 8.86. The van der Waals surface area contributed by atoms with Gasteiger partial charge in [0.25, 0.3) is 0 Å². The first-order valence-electron chi connectivity index (χ1n) is 5.13. The first kappa shape index (κ1) is 10.2. The van der Waals surface area contributed by atoms with Gasteiger partial charge in [-0.1, -0.05) is 0 Å². The van der Waals surface area contributed by atoms with Crippen LogP contribution in [0.2, 0.25) is 0 Å². The molecular weight excluding hydrogens is 192 g/mol. The quantitative estimate of drug-likeness (QED) is 0.759. The number of nitrogens with one attached hydrogen (secondary N) is 1. The van der Waals surface area contributed by atoms with Gasteiger partial charge in [0.15, 0.2) is 0 Å². The van der Waals surface area contributed by atoms with E-state index in [2.05, 4.69) is 22.4 Å². The van der Waals surface area contributed by atoms with Gasteiger partial charge in [0, 0.05) is 6.61 Å². The molecule has 0 aromatic carbocycles. The largest absolute Gasteiger partial charge is 0.382 e. The van der Waals surface area contributed by atoms with E-state index in [1.807, 2.05) is 6.07 Å². The van der Waals surface area contributed by atoms with Crippen molar-refractivity contribution in [3.05, 3.63) is 12.1 Å². The zero-order chi connectivity index (χ0) is 10.7. The van der Waals surface area contributed by atoms with Gasteiger partial charge in [-0.3, -0.25) is 0 Å². The van der Waals surface area contributed by atoms with Crippen molar-refractivity contribution < 1.29 is 4.74 Å². The number of hydrogen-bond acceptors (Lipinski definition) is 5. The Morgan fingerprint density at radius 1 is 1.47 bits per heavy atom. The molecule has 82 valence electrons. The lowest BCUT2D eigenvalue weighted by Gasteiger charge is -2.34. The fraction of sp³-hybridized carbons (Fsp3) is 0.600. The van der Waals surface area contributed by atoms with Gasteiger partial charge in [-0.2, -0.15) is 0 Å². The number of nitrogen functional groups attached to an aromatic ring is 1. The van der Waals surface area contributed by atoms with E-state index >= 15 is 0 Å². The van der Waals surface area contributed by atoms with Crippen LogP contribution in [0.15, 0.2) is 12.1 Å². The van der Waals surface area contributed by atoms with Crippen LogP contribution in [-0.4, -0.2) is 29.0 Å². The summed E-state index contributed by atoms with van der Waals surface area (Å²) in [5.41, 5.74) is 5.43. The molecule has 0 spiro atoms. The van der Waals surface area contributed by atoms with E-state index in [1.54, 1.807) is 6.07 Å². The third-order valence-electron chi connectivity index (χ3n) is 2.55. The standard InChI is InChI=1S/C10H16N4O/c1-10(5-2-6-15-7-10)12-9-4-3-8(11)13-14-9/h3-4H,2,5-7H2,1H3,(H2,11,13)(H,12,14). The monoisotopic (exact) mass is 208 g/mol. The Bertz CT molecular complexity index is 319.